The number of para-hydroxylation sites is 1. The van der Waals surface area contributed by atoms with E-state index in [1.165, 1.54) is 4.57 Å². The average molecular weight is 407 g/mol. The van der Waals surface area contributed by atoms with Crippen molar-refractivity contribution in [1.82, 2.24) is 14.5 Å². The first-order valence-corrected chi connectivity index (χ1v) is 10.2. The molecule has 4 rings (SSSR count). The van der Waals surface area contributed by atoms with Crippen molar-refractivity contribution in [3.05, 3.63) is 80.5 Å². The monoisotopic (exact) mass is 407 g/mol. The average Bonchev–Trinajstić information content (AvgIpc) is 2.73. The molecule has 2 N–H and O–H groups in total. The zero-order chi connectivity index (χ0) is 21.3. The fourth-order valence-corrected chi connectivity index (χ4v) is 4.42. The summed E-state index contributed by atoms with van der Waals surface area (Å²) in [6.07, 6.45) is 0.726. The highest BCUT2D eigenvalue weighted by atomic mass is 16.4. The maximum Gasteiger partial charge on any atom is 0.328 e. The van der Waals surface area contributed by atoms with Gasteiger partial charge in [0.2, 0.25) is 0 Å². The third-order valence-electron chi connectivity index (χ3n) is 6.01. The predicted molar refractivity (Wildman–Crippen MR) is 115 cm³/mol. The summed E-state index contributed by atoms with van der Waals surface area (Å²) in [6, 6.07) is 15.0. The summed E-state index contributed by atoms with van der Waals surface area (Å²) in [5, 5.41) is 10.3. The molecular weight excluding hydrogens is 382 g/mol. The molecule has 1 aliphatic heterocycles. The molecule has 1 saturated heterocycles. The first-order valence-electron chi connectivity index (χ1n) is 10.2. The van der Waals surface area contributed by atoms with Crippen LogP contribution in [0.15, 0.2) is 58.1 Å². The van der Waals surface area contributed by atoms with Crippen molar-refractivity contribution in [2.45, 2.75) is 25.8 Å². The van der Waals surface area contributed by atoms with Crippen LogP contribution in [0.1, 0.15) is 23.5 Å². The lowest BCUT2D eigenvalue weighted by atomic mass is 9.80. The number of hydrogen-bond acceptors (Lipinski definition) is 4. The number of piperidine rings is 1. The minimum Gasteiger partial charge on any atom is -0.481 e. The van der Waals surface area contributed by atoms with E-state index in [4.69, 9.17) is 0 Å². The number of benzene rings is 2. The van der Waals surface area contributed by atoms with E-state index in [2.05, 4.69) is 11.1 Å². The number of carboxylic acids is 1. The van der Waals surface area contributed by atoms with E-state index in [0.29, 0.717) is 24.0 Å². The summed E-state index contributed by atoms with van der Waals surface area (Å²) in [5.74, 6) is -1.37. The third kappa shape index (κ3) is 3.93. The van der Waals surface area contributed by atoms with Crippen molar-refractivity contribution in [3.63, 3.8) is 0 Å². The van der Waals surface area contributed by atoms with Crippen LogP contribution in [0.4, 0.5) is 0 Å². The fourth-order valence-electron chi connectivity index (χ4n) is 4.42. The Kier molecular flexibility index (Phi) is 5.55. The molecule has 30 heavy (non-hydrogen) atoms. The van der Waals surface area contributed by atoms with Gasteiger partial charge in [0, 0.05) is 19.6 Å². The maximum absolute atomic E-state index is 12.7. The number of aliphatic carboxylic acids is 1. The van der Waals surface area contributed by atoms with Crippen molar-refractivity contribution in [3.8, 4) is 0 Å². The van der Waals surface area contributed by atoms with Crippen LogP contribution < -0.4 is 11.2 Å². The minimum atomic E-state index is -0.813. The van der Waals surface area contributed by atoms with Gasteiger partial charge in [-0.15, -0.1) is 0 Å². The molecule has 7 heteroatoms. The maximum atomic E-state index is 12.7. The summed E-state index contributed by atoms with van der Waals surface area (Å²) in [4.78, 5) is 41.8. The van der Waals surface area contributed by atoms with Gasteiger partial charge < -0.3 is 15.0 Å². The molecule has 2 aromatic carbocycles. The number of fused-ring (bicyclic) bond motifs is 1. The quantitative estimate of drug-likeness (QED) is 0.676. The van der Waals surface area contributed by atoms with E-state index in [9.17, 15) is 19.5 Å². The van der Waals surface area contributed by atoms with E-state index in [0.717, 1.165) is 24.1 Å². The summed E-state index contributed by atoms with van der Waals surface area (Å²) in [7, 11) is 0. The number of nitrogens with zero attached hydrogens (tertiary/aromatic N) is 2. The number of carbonyl (C=O) groups is 1. The Bertz CT molecular complexity index is 1200. The first kappa shape index (κ1) is 20.1. The van der Waals surface area contributed by atoms with Crippen molar-refractivity contribution in [1.29, 1.82) is 0 Å². The van der Waals surface area contributed by atoms with Crippen LogP contribution >= 0.6 is 0 Å². The number of nitrogens with one attached hydrogen (secondary N) is 1. The molecule has 7 nitrogen and oxygen atoms in total. The predicted octanol–water partition coefficient (Wildman–Crippen LogP) is 2.19. The molecule has 0 spiro atoms. The number of hydrogen-bond donors (Lipinski definition) is 2. The third-order valence-corrected chi connectivity index (χ3v) is 6.01. The second-order valence-electron chi connectivity index (χ2n) is 7.99. The second kappa shape index (κ2) is 8.28. The lowest BCUT2D eigenvalue weighted by Gasteiger charge is -2.37. The van der Waals surface area contributed by atoms with Gasteiger partial charge in [-0.25, -0.2) is 4.79 Å². The number of aryl methyl sites for hydroxylation is 1. The van der Waals surface area contributed by atoms with Crippen molar-refractivity contribution >= 4 is 16.9 Å². The number of H-pyrrole nitrogens is 1. The Morgan fingerprint density at radius 2 is 1.93 bits per heavy atom. The molecule has 2 heterocycles. The Morgan fingerprint density at radius 1 is 1.13 bits per heavy atom. The number of carboxylic acid groups (broad SMARTS) is 1. The highest BCUT2D eigenvalue weighted by Gasteiger charge is 2.35. The standard InChI is InChI=1S/C23H25N3O4/c1-15-5-4-6-16(13-15)17-9-10-25(14-19(17)22(28)29)11-12-26-21(27)18-7-2-3-8-20(18)24-23(26)30/h2-8,13,17,19H,9-12,14H2,1H3,(H,24,30)(H,28,29). The van der Waals surface area contributed by atoms with Crippen LogP contribution in [0.5, 0.6) is 0 Å². The Morgan fingerprint density at radius 3 is 2.70 bits per heavy atom. The Balaban J connectivity index is 1.51. The summed E-state index contributed by atoms with van der Waals surface area (Å²) in [5.41, 5.74) is 1.94. The van der Waals surface area contributed by atoms with Crippen molar-refractivity contribution < 1.29 is 9.90 Å². The first-order chi connectivity index (χ1) is 14.4. The van der Waals surface area contributed by atoms with Crippen LogP contribution in [0.25, 0.3) is 10.9 Å². The molecule has 0 amide bonds. The van der Waals surface area contributed by atoms with Crippen LogP contribution in [0, 0.1) is 12.8 Å². The van der Waals surface area contributed by atoms with Gasteiger partial charge in [-0.3, -0.25) is 14.2 Å². The summed E-state index contributed by atoms with van der Waals surface area (Å²) < 4.78 is 1.20. The van der Waals surface area contributed by atoms with Crippen molar-refractivity contribution in [2.75, 3.05) is 19.6 Å². The van der Waals surface area contributed by atoms with Gasteiger partial charge in [-0.2, -0.15) is 0 Å². The van der Waals surface area contributed by atoms with E-state index >= 15 is 0 Å². The molecule has 0 saturated carbocycles. The Hall–Kier alpha value is -3.19. The van der Waals surface area contributed by atoms with Crippen molar-refractivity contribution in [2.24, 2.45) is 5.92 Å². The lowest BCUT2D eigenvalue weighted by Crippen LogP contribution is -2.46. The van der Waals surface area contributed by atoms with E-state index in [1.807, 2.05) is 30.0 Å². The molecule has 1 fully saturated rings. The molecule has 3 aromatic rings. The minimum absolute atomic E-state index is 0.0366. The van der Waals surface area contributed by atoms with Crippen LogP contribution in [0.2, 0.25) is 0 Å². The molecule has 0 aliphatic carbocycles. The topological polar surface area (TPSA) is 95.4 Å². The highest BCUT2D eigenvalue weighted by molar-refractivity contribution is 5.76. The lowest BCUT2D eigenvalue weighted by molar-refractivity contribution is -0.144. The molecule has 0 bridgehead atoms. The smallest absolute Gasteiger partial charge is 0.328 e. The molecule has 0 radical (unpaired) electrons. The molecule has 2 atom stereocenters. The molecule has 1 aliphatic rings. The molecule has 156 valence electrons. The molecule has 2 unspecified atom stereocenters. The van der Waals surface area contributed by atoms with Gasteiger partial charge in [0.05, 0.1) is 16.8 Å². The summed E-state index contributed by atoms with van der Waals surface area (Å²) in [6.45, 7) is 3.80. The highest BCUT2D eigenvalue weighted by Crippen LogP contribution is 2.33. The van der Waals surface area contributed by atoms with Crippen LogP contribution in [-0.2, 0) is 11.3 Å². The number of rotatable bonds is 5. The van der Waals surface area contributed by atoms with E-state index < -0.39 is 17.6 Å². The van der Waals surface area contributed by atoms with Gasteiger partial charge in [0.15, 0.2) is 0 Å². The van der Waals surface area contributed by atoms with E-state index in [-0.39, 0.29) is 18.0 Å². The fraction of sp³-hybridized carbons (Fsp3) is 0.348. The van der Waals surface area contributed by atoms with Gasteiger partial charge in [0.1, 0.15) is 0 Å². The molecular formula is C23H25N3O4. The second-order valence-corrected chi connectivity index (χ2v) is 7.99. The van der Waals surface area contributed by atoms with Crippen LogP contribution in [0.3, 0.4) is 0 Å². The Labute approximate surface area is 173 Å². The molecule has 1 aromatic heterocycles. The number of likely N-dealkylation sites (tertiary alicyclic amines) is 1. The largest absolute Gasteiger partial charge is 0.481 e. The number of aromatic amines is 1. The van der Waals surface area contributed by atoms with Gasteiger partial charge >= 0.3 is 11.7 Å². The van der Waals surface area contributed by atoms with Gasteiger partial charge in [-0.1, -0.05) is 42.0 Å². The van der Waals surface area contributed by atoms with Gasteiger partial charge in [0.25, 0.3) is 5.56 Å². The van der Waals surface area contributed by atoms with Crippen LogP contribution in [-0.4, -0.2) is 45.2 Å². The normalized spacial score (nSPS) is 19.8. The summed E-state index contributed by atoms with van der Waals surface area (Å²) >= 11 is 0. The zero-order valence-corrected chi connectivity index (χ0v) is 16.9. The van der Waals surface area contributed by atoms with Gasteiger partial charge in [-0.05, 0) is 43.5 Å². The SMILES string of the molecule is Cc1cccc(C2CCN(CCn3c(=O)[nH]c4ccccc4c3=O)CC2C(=O)O)c1. The zero-order valence-electron chi connectivity index (χ0n) is 16.9. The van der Waals surface area contributed by atoms with E-state index in [1.54, 1.807) is 24.3 Å². The number of aromatic nitrogens is 2.